The molecule has 0 aliphatic heterocycles. The number of fused-ring (bicyclic) bond motifs is 6. The van der Waals surface area contributed by atoms with Crippen molar-refractivity contribution in [2.24, 2.45) is 0 Å². The van der Waals surface area contributed by atoms with Crippen molar-refractivity contribution in [2.75, 3.05) is 0 Å². The zero-order valence-electron chi connectivity index (χ0n) is 23.5. The first kappa shape index (κ1) is 24.1. The average molecular weight is 525 g/mol. The van der Waals surface area contributed by atoms with Gasteiger partial charge in [0.05, 0.1) is 0 Å². The summed E-state index contributed by atoms with van der Waals surface area (Å²) in [5.74, 6) is 0.413. The number of hydrogen-bond acceptors (Lipinski definition) is 0. The molecule has 2 atom stereocenters. The Morgan fingerprint density at radius 1 is 0.439 bits per heavy atom. The predicted molar refractivity (Wildman–Crippen MR) is 171 cm³/mol. The van der Waals surface area contributed by atoms with Gasteiger partial charge in [-0.3, -0.25) is 0 Å². The first-order valence-corrected chi connectivity index (χ1v) is 14.7. The molecule has 8 rings (SSSR count). The fourth-order valence-corrected chi connectivity index (χ4v) is 7.54. The summed E-state index contributed by atoms with van der Waals surface area (Å²) in [5.41, 5.74) is 16.5. The Hall–Kier alpha value is -4.68. The summed E-state index contributed by atoms with van der Waals surface area (Å²) in [6.45, 7) is 4.71. The molecule has 0 saturated carbocycles. The SMILES string of the molecule is CC1(C)c2ccccc2-c2cc(C(c3ccccc3)c3ccc4c(c3)-c3ccccc3C4c3ccccc3)ccc21. The quantitative estimate of drug-likeness (QED) is 0.201. The third-order valence-corrected chi connectivity index (χ3v) is 9.49. The highest BCUT2D eigenvalue weighted by atomic mass is 14.4. The molecule has 41 heavy (non-hydrogen) atoms. The summed E-state index contributed by atoms with van der Waals surface area (Å²) >= 11 is 0. The standard InChI is InChI=1S/C41H32/c1-41(2)37-20-12-11-18-32(37)36-26-30(22-24-38(36)41)39(27-13-5-3-6-14-27)29-21-23-34-35(25-29)31-17-9-10-19-33(31)40(34)28-15-7-4-8-16-28/h3-26,39-40H,1-2H3. The van der Waals surface area contributed by atoms with E-state index in [4.69, 9.17) is 0 Å². The Kier molecular flexibility index (Phi) is 5.41. The zero-order valence-corrected chi connectivity index (χ0v) is 23.5. The lowest BCUT2D eigenvalue weighted by molar-refractivity contribution is 0.660. The monoisotopic (exact) mass is 524 g/mol. The van der Waals surface area contributed by atoms with Crippen LogP contribution in [0.25, 0.3) is 22.3 Å². The minimum atomic E-state index is 0.0103. The lowest BCUT2D eigenvalue weighted by Gasteiger charge is -2.24. The second kappa shape index (κ2) is 9.18. The van der Waals surface area contributed by atoms with Crippen LogP contribution in [0.5, 0.6) is 0 Å². The molecule has 6 aromatic carbocycles. The van der Waals surface area contributed by atoms with Gasteiger partial charge in [-0.2, -0.15) is 0 Å². The third-order valence-electron chi connectivity index (χ3n) is 9.49. The van der Waals surface area contributed by atoms with E-state index in [1.807, 2.05) is 0 Å². The van der Waals surface area contributed by atoms with Gasteiger partial charge < -0.3 is 0 Å². The maximum Gasteiger partial charge on any atom is 0.0352 e. The second-order valence-electron chi connectivity index (χ2n) is 12.1. The molecule has 0 fully saturated rings. The maximum atomic E-state index is 2.47. The van der Waals surface area contributed by atoms with Crippen molar-refractivity contribution in [1.29, 1.82) is 0 Å². The number of benzene rings is 6. The van der Waals surface area contributed by atoms with Gasteiger partial charge in [-0.05, 0) is 78.9 Å². The molecule has 196 valence electrons. The summed E-state index contributed by atoms with van der Waals surface area (Å²) in [7, 11) is 0. The molecule has 2 unspecified atom stereocenters. The van der Waals surface area contributed by atoms with E-state index in [0.29, 0.717) is 0 Å². The molecule has 0 bridgehead atoms. The summed E-state index contributed by atoms with van der Waals surface area (Å²) in [5, 5.41) is 0. The molecule has 0 aromatic heterocycles. The first-order chi connectivity index (χ1) is 20.1. The van der Waals surface area contributed by atoms with Gasteiger partial charge in [0.25, 0.3) is 0 Å². The van der Waals surface area contributed by atoms with Gasteiger partial charge in [-0.15, -0.1) is 0 Å². The van der Waals surface area contributed by atoms with Gasteiger partial charge in [-0.1, -0.05) is 147 Å². The second-order valence-corrected chi connectivity index (χ2v) is 12.1. The minimum absolute atomic E-state index is 0.0103. The topological polar surface area (TPSA) is 0 Å². The molecule has 0 heterocycles. The van der Waals surface area contributed by atoms with Crippen molar-refractivity contribution < 1.29 is 0 Å². The Morgan fingerprint density at radius 3 is 1.78 bits per heavy atom. The lowest BCUT2D eigenvalue weighted by atomic mass is 9.80. The Morgan fingerprint density at radius 2 is 1.00 bits per heavy atom. The van der Waals surface area contributed by atoms with E-state index in [0.717, 1.165) is 0 Å². The van der Waals surface area contributed by atoms with Gasteiger partial charge >= 0.3 is 0 Å². The molecular formula is C41H32. The third kappa shape index (κ3) is 3.67. The molecule has 0 amide bonds. The number of rotatable bonds is 4. The van der Waals surface area contributed by atoms with E-state index < -0.39 is 0 Å². The minimum Gasteiger partial charge on any atom is -0.0622 e. The van der Waals surface area contributed by atoms with Crippen LogP contribution in [0, 0.1) is 0 Å². The summed E-state index contributed by atoms with van der Waals surface area (Å²) in [6, 6.07) is 54.3. The maximum absolute atomic E-state index is 2.47. The molecule has 6 aromatic rings. The fourth-order valence-electron chi connectivity index (χ4n) is 7.54. The largest absolute Gasteiger partial charge is 0.0622 e. The van der Waals surface area contributed by atoms with Crippen molar-refractivity contribution in [2.45, 2.75) is 31.1 Å². The summed E-state index contributed by atoms with van der Waals surface area (Å²) in [6.07, 6.45) is 0. The number of hydrogen-bond donors (Lipinski definition) is 0. The highest BCUT2D eigenvalue weighted by Gasteiger charge is 2.36. The van der Waals surface area contributed by atoms with Crippen molar-refractivity contribution in [1.82, 2.24) is 0 Å². The molecule has 0 N–H and O–H groups in total. The van der Waals surface area contributed by atoms with Crippen LogP contribution in [-0.4, -0.2) is 0 Å². The van der Waals surface area contributed by atoms with Gasteiger partial charge in [0.1, 0.15) is 0 Å². The Labute approximate surface area is 243 Å². The Balaban J connectivity index is 1.31. The van der Waals surface area contributed by atoms with Crippen molar-refractivity contribution >= 4 is 0 Å². The molecular weight excluding hydrogens is 492 g/mol. The smallest absolute Gasteiger partial charge is 0.0352 e. The van der Waals surface area contributed by atoms with Crippen molar-refractivity contribution in [3.63, 3.8) is 0 Å². The van der Waals surface area contributed by atoms with E-state index in [2.05, 4.69) is 159 Å². The van der Waals surface area contributed by atoms with Gasteiger partial charge in [-0.25, -0.2) is 0 Å². The van der Waals surface area contributed by atoms with Crippen LogP contribution in [0.3, 0.4) is 0 Å². The summed E-state index contributed by atoms with van der Waals surface area (Å²) in [4.78, 5) is 0. The van der Waals surface area contributed by atoms with Crippen molar-refractivity contribution in [3.05, 3.63) is 190 Å². The Bertz CT molecular complexity index is 1910. The molecule has 2 aliphatic rings. The predicted octanol–water partition coefficient (Wildman–Crippen LogP) is 10.3. The first-order valence-electron chi connectivity index (χ1n) is 14.7. The van der Waals surface area contributed by atoms with Gasteiger partial charge in [0.2, 0.25) is 0 Å². The highest BCUT2D eigenvalue weighted by molar-refractivity contribution is 5.83. The molecule has 2 aliphatic carbocycles. The van der Waals surface area contributed by atoms with Crippen molar-refractivity contribution in [3.8, 4) is 22.3 Å². The summed E-state index contributed by atoms with van der Waals surface area (Å²) < 4.78 is 0. The van der Waals surface area contributed by atoms with E-state index in [9.17, 15) is 0 Å². The van der Waals surface area contributed by atoms with Crippen LogP contribution in [0.15, 0.2) is 146 Å². The highest BCUT2D eigenvalue weighted by Crippen LogP contribution is 2.51. The van der Waals surface area contributed by atoms with Crippen LogP contribution >= 0.6 is 0 Å². The van der Waals surface area contributed by atoms with Gasteiger partial charge in [0.15, 0.2) is 0 Å². The molecule has 0 saturated heterocycles. The fraction of sp³-hybridized carbons (Fsp3) is 0.122. The van der Waals surface area contributed by atoms with Crippen LogP contribution < -0.4 is 0 Å². The van der Waals surface area contributed by atoms with Crippen LogP contribution in [0.2, 0.25) is 0 Å². The lowest BCUT2D eigenvalue weighted by Crippen LogP contribution is -2.15. The van der Waals surface area contributed by atoms with E-state index in [1.54, 1.807) is 0 Å². The van der Waals surface area contributed by atoms with E-state index in [-0.39, 0.29) is 17.3 Å². The average Bonchev–Trinajstić information content (AvgIpc) is 3.47. The molecule has 0 heteroatoms. The van der Waals surface area contributed by atoms with E-state index >= 15 is 0 Å². The zero-order chi connectivity index (χ0) is 27.6. The van der Waals surface area contributed by atoms with Crippen LogP contribution in [0.1, 0.15) is 70.2 Å². The molecule has 0 radical (unpaired) electrons. The van der Waals surface area contributed by atoms with Crippen LogP contribution in [0.4, 0.5) is 0 Å². The molecule has 0 spiro atoms. The van der Waals surface area contributed by atoms with E-state index in [1.165, 1.54) is 66.8 Å². The normalized spacial score (nSPS) is 16.4. The van der Waals surface area contributed by atoms with Crippen LogP contribution in [-0.2, 0) is 5.41 Å². The molecule has 0 nitrogen and oxygen atoms in total. The van der Waals surface area contributed by atoms with Gasteiger partial charge in [0, 0.05) is 17.3 Å².